The van der Waals surface area contributed by atoms with E-state index < -0.39 is 5.97 Å². The van der Waals surface area contributed by atoms with E-state index in [4.69, 9.17) is 0 Å². The molecule has 0 aliphatic rings. The van der Waals surface area contributed by atoms with Crippen molar-refractivity contribution in [1.29, 1.82) is 0 Å². The number of hydrogen-bond acceptors (Lipinski definition) is 4. The summed E-state index contributed by atoms with van der Waals surface area (Å²) in [4.78, 5) is 27.8. The Balaban J connectivity index is 2.26. The summed E-state index contributed by atoms with van der Waals surface area (Å²) in [6, 6.07) is 9.98. The first-order chi connectivity index (χ1) is 9.61. The van der Waals surface area contributed by atoms with Crippen molar-refractivity contribution in [2.45, 2.75) is 6.92 Å². The van der Waals surface area contributed by atoms with Crippen LogP contribution in [0.5, 0.6) is 0 Å². The first kappa shape index (κ1) is 13.7. The van der Waals surface area contributed by atoms with E-state index in [2.05, 4.69) is 15.0 Å². The van der Waals surface area contributed by atoms with Crippen molar-refractivity contribution in [3.8, 4) is 0 Å². The van der Waals surface area contributed by atoms with Crippen LogP contribution in [0.2, 0.25) is 0 Å². The number of pyridine rings is 1. The molecule has 1 heterocycles. The molecular formula is C15H14N2O3. The minimum Gasteiger partial charge on any atom is -0.465 e. The molecule has 0 saturated carbocycles. The number of carbonyl (C=O) groups is 2. The molecule has 102 valence electrons. The highest BCUT2D eigenvalue weighted by Crippen LogP contribution is 2.17. The molecule has 0 bridgehead atoms. The molecule has 1 aromatic carbocycles. The highest BCUT2D eigenvalue weighted by molar-refractivity contribution is 6.07. The number of esters is 1. The highest BCUT2D eigenvalue weighted by atomic mass is 16.5. The van der Waals surface area contributed by atoms with Gasteiger partial charge in [-0.1, -0.05) is 12.1 Å². The van der Waals surface area contributed by atoms with Gasteiger partial charge in [0.25, 0.3) is 5.91 Å². The minimum atomic E-state index is -0.494. The van der Waals surface area contributed by atoms with Gasteiger partial charge in [-0.25, -0.2) is 4.79 Å². The molecule has 0 fully saturated rings. The van der Waals surface area contributed by atoms with Crippen LogP contribution >= 0.6 is 0 Å². The zero-order valence-corrected chi connectivity index (χ0v) is 11.2. The number of rotatable bonds is 3. The van der Waals surface area contributed by atoms with Crippen LogP contribution in [0.3, 0.4) is 0 Å². The van der Waals surface area contributed by atoms with Gasteiger partial charge in [-0.15, -0.1) is 0 Å². The summed E-state index contributed by atoms with van der Waals surface area (Å²) in [7, 11) is 1.30. The second-order valence-electron chi connectivity index (χ2n) is 4.18. The van der Waals surface area contributed by atoms with Gasteiger partial charge >= 0.3 is 5.97 Å². The number of nitrogens with one attached hydrogen (secondary N) is 1. The average molecular weight is 270 g/mol. The molecule has 0 aliphatic heterocycles. The highest BCUT2D eigenvalue weighted by Gasteiger charge is 2.14. The summed E-state index contributed by atoms with van der Waals surface area (Å²) < 4.78 is 4.68. The molecule has 1 amide bonds. The number of methoxy groups -OCH3 is 1. The number of hydrogen-bond donors (Lipinski definition) is 1. The summed E-state index contributed by atoms with van der Waals surface area (Å²) in [5, 5.41) is 2.70. The number of aromatic nitrogens is 1. The van der Waals surface area contributed by atoms with Crippen LogP contribution in [0.1, 0.15) is 26.4 Å². The number of benzene rings is 1. The zero-order valence-electron chi connectivity index (χ0n) is 11.2. The van der Waals surface area contributed by atoms with Crippen LogP contribution in [0.25, 0.3) is 0 Å². The molecular weight excluding hydrogens is 256 g/mol. The lowest BCUT2D eigenvalue weighted by molar-refractivity contribution is 0.0602. The predicted molar refractivity (Wildman–Crippen MR) is 74.7 cm³/mol. The fourth-order valence-corrected chi connectivity index (χ4v) is 1.76. The summed E-state index contributed by atoms with van der Waals surface area (Å²) in [5.41, 5.74) is 1.96. The number of carbonyl (C=O) groups excluding carboxylic acids is 2. The Kier molecular flexibility index (Phi) is 4.10. The molecule has 0 aliphatic carbocycles. The minimum absolute atomic E-state index is 0.299. The van der Waals surface area contributed by atoms with Gasteiger partial charge in [0.2, 0.25) is 0 Å². The molecule has 2 rings (SSSR count). The number of ether oxygens (including phenoxy) is 1. The van der Waals surface area contributed by atoms with Crippen molar-refractivity contribution < 1.29 is 14.3 Å². The lowest BCUT2D eigenvalue weighted by Gasteiger charge is -2.09. The first-order valence-electron chi connectivity index (χ1n) is 6.03. The Morgan fingerprint density at radius 2 is 1.95 bits per heavy atom. The van der Waals surface area contributed by atoms with Gasteiger partial charge in [0.05, 0.1) is 18.4 Å². The third-order valence-corrected chi connectivity index (χ3v) is 2.74. The van der Waals surface area contributed by atoms with Gasteiger partial charge < -0.3 is 10.1 Å². The zero-order chi connectivity index (χ0) is 14.5. The number of nitrogens with zero attached hydrogens (tertiary/aromatic N) is 1. The van der Waals surface area contributed by atoms with Crippen molar-refractivity contribution in [3.05, 3.63) is 59.4 Å². The maximum atomic E-state index is 12.1. The van der Waals surface area contributed by atoms with E-state index in [-0.39, 0.29) is 5.91 Å². The van der Waals surface area contributed by atoms with E-state index in [1.807, 2.05) is 0 Å². The molecule has 0 spiro atoms. The number of anilines is 1. The summed E-state index contributed by atoms with van der Waals surface area (Å²) in [5.74, 6) is -0.793. The second-order valence-corrected chi connectivity index (χ2v) is 4.18. The Labute approximate surface area is 116 Å². The molecule has 2 aromatic rings. The van der Waals surface area contributed by atoms with Gasteiger partial charge in [-0.2, -0.15) is 0 Å². The summed E-state index contributed by atoms with van der Waals surface area (Å²) >= 11 is 0. The van der Waals surface area contributed by atoms with Crippen LogP contribution in [0.15, 0.2) is 42.6 Å². The number of aryl methyl sites for hydroxylation is 1. The van der Waals surface area contributed by atoms with E-state index in [9.17, 15) is 9.59 Å². The fourth-order valence-electron chi connectivity index (χ4n) is 1.76. The standard InChI is InChI=1S/C15H14N2O3/c1-10-9-11(7-8-16-10)14(18)17-13-6-4-3-5-12(13)15(19)20-2/h3-9H,1-2H3,(H,17,18). The van der Waals surface area contributed by atoms with Crippen molar-refractivity contribution in [2.24, 2.45) is 0 Å². The maximum Gasteiger partial charge on any atom is 0.339 e. The predicted octanol–water partition coefficient (Wildman–Crippen LogP) is 2.43. The quantitative estimate of drug-likeness (QED) is 0.870. The van der Waals surface area contributed by atoms with E-state index in [1.54, 1.807) is 49.5 Å². The lowest BCUT2D eigenvalue weighted by Crippen LogP contribution is -2.15. The Morgan fingerprint density at radius 3 is 2.65 bits per heavy atom. The lowest BCUT2D eigenvalue weighted by atomic mass is 10.1. The van der Waals surface area contributed by atoms with Crippen LogP contribution < -0.4 is 5.32 Å². The fraction of sp³-hybridized carbons (Fsp3) is 0.133. The van der Waals surface area contributed by atoms with E-state index in [0.717, 1.165) is 5.69 Å². The molecule has 0 atom stereocenters. The van der Waals surface area contributed by atoms with Crippen molar-refractivity contribution >= 4 is 17.6 Å². The van der Waals surface area contributed by atoms with Crippen LogP contribution in [-0.2, 0) is 4.74 Å². The monoisotopic (exact) mass is 270 g/mol. The largest absolute Gasteiger partial charge is 0.465 e. The Bertz CT molecular complexity index is 653. The molecule has 0 unspecified atom stereocenters. The van der Waals surface area contributed by atoms with Crippen LogP contribution in [0, 0.1) is 6.92 Å². The van der Waals surface area contributed by atoms with Crippen LogP contribution in [-0.4, -0.2) is 24.0 Å². The van der Waals surface area contributed by atoms with E-state index >= 15 is 0 Å². The Hall–Kier alpha value is -2.69. The molecule has 1 aromatic heterocycles. The van der Waals surface area contributed by atoms with Gasteiger partial charge in [0, 0.05) is 17.5 Å². The molecule has 5 heteroatoms. The van der Waals surface area contributed by atoms with E-state index in [1.165, 1.54) is 7.11 Å². The molecule has 1 N–H and O–H groups in total. The molecule has 0 radical (unpaired) electrons. The Morgan fingerprint density at radius 1 is 1.20 bits per heavy atom. The topological polar surface area (TPSA) is 68.3 Å². The van der Waals surface area contributed by atoms with Gasteiger partial charge in [-0.3, -0.25) is 9.78 Å². The third-order valence-electron chi connectivity index (χ3n) is 2.74. The summed E-state index contributed by atoms with van der Waals surface area (Å²) in [6.45, 7) is 1.80. The molecule has 5 nitrogen and oxygen atoms in total. The number of para-hydroxylation sites is 1. The normalized spacial score (nSPS) is 9.90. The van der Waals surface area contributed by atoms with Crippen molar-refractivity contribution in [1.82, 2.24) is 4.98 Å². The van der Waals surface area contributed by atoms with Crippen molar-refractivity contribution in [2.75, 3.05) is 12.4 Å². The molecule has 20 heavy (non-hydrogen) atoms. The van der Waals surface area contributed by atoms with Gasteiger partial charge in [0.15, 0.2) is 0 Å². The first-order valence-corrected chi connectivity index (χ1v) is 6.03. The van der Waals surface area contributed by atoms with Gasteiger partial charge in [0.1, 0.15) is 0 Å². The van der Waals surface area contributed by atoms with Crippen LogP contribution in [0.4, 0.5) is 5.69 Å². The smallest absolute Gasteiger partial charge is 0.339 e. The van der Waals surface area contributed by atoms with Crippen molar-refractivity contribution in [3.63, 3.8) is 0 Å². The summed E-state index contributed by atoms with van der Waals surface area (Å²) in [6.07, 6.45) is 1.57. The van der Waals surface area contributed by atoms with E-state index in [0.29, 0.717) is 16.8 Å². The maximum absolute atomic E-state index is 12.1. The molecule has 0 saturated heterocycles. The second kappa shape index (κ2) is 5.97. The number of amides is 1. The SMILES string of the molecule is COC(=O)c1ccccc1NC(=O)c1ccnc(C)c1. The third kappa shape index (κ3) is 3.00. The van der Waals surface area contributed by atoms with Gasteiger partial charge in [-0.05, 0) is 31.2 Å². The average Bonchev–Trinajstić information content (AvgIpc) is 2.47.